The number of ketones is 1. The first-order valence-corrected chi connectivity index (χ1v) is 4.95. The van der Waals surface area contributed by atoms with Gasteiger partial charge >= 0.3 is 0 Å². The molecule has 1 aliphatic rings. The molecule has 0 aromatic rings. The molecule has 0 radical (unpaired) electrons. The Bertz CT molecular complexity index is 170. The normalized spacial score (nSPS) is 27.2. The predicted molar refractivity (Wildman–Crippen MR) is 51.0 cm³/mol. The van der Waals surface area contributed by atoms with Crippen LogP contribution in [0.15, 0.2) is 12.2 Å². The van der Waals surface area contributed by atoms with Crippen molar-refractivity contribution in [2.24, 2.45) is 5.92 Å². The Morgan fingerprint density at radius 2 is 2.25 bits per heavy atom. The summed E-state index contributed by atoms with van der Waals surface area (Å²) in [5, 5.41) is 0. The maximum absolute atomic E-state index is 10.9. The Kier molecular flexibility index (Phi) is 4.06. The molecule has 1 heteroatoms. The van der Waals surface area contributed by atoms with Crippen LogP contribution in [0, 0.1) is 5.92 Å². The summed E-state index contributed by atoms with van der Waals surface area (Å²) in [6, 6.07) is 0. The van der Waals surface area contributed by atoms with Crippen molar-refractivity contribution >= 4 is 5.78 Å². The van der Waals surface area contributed by atoms with Crippen LogP contribution in [0.25, 0.3) is 0 Å². The quantitative estimate of drug-likeness (QED) is 0.576. The summed E-state index contributed by atoms with van der Waals surface area (Å²) in [5.74, 6) is 0.855. The first-order chi connectivity index (χ1) is 5.79. The van der Waals surface area contributed by atoms with Crippen LogP contribution in [-0.4, -0.2) is 5.78 Å². The molecule has 0 bridgehead atoms. The van der Waals surface area contributed by atoms with Crippen LogP contribution in [0.2, 0.25) is 0 Å². The molecule has 0 aromatic heterocycles. The van der Waals surface area contributed by atoms with Crippen molar-refractivity contribution in [1.82, 2.24) is 0 Å². The lowest BCUT2D eigenvalue weighted by molar-refractivity contribution is -0.117. The number of carbonyl (C=O) groups is 1. The smallest absolute Gasteiger partial charge is 0.130 e. The third-order valence-corrected chi connectivity index (χ3v) is 2.40. The van der Waals surface area contributed by atoms with Crippen molar-refractivity contribution < 1.29 is 4.79 Å². The molecule has 12 heavy (non-hydrogen) atoms. The molecule has 0 N–H and O–H groups in total. The fourth-order valence-electron chi connectivity index (χ4n) is 1.77. The van der Waals surface area contributed by atoms with Crippen molar-refractivity contribution in [2.75, 3.05) is 0 Å². The van der Waals surface area contributed by atoms with Crippen molar-refractivity contribution in [3.8, 4) is 0 Å². The molecule has 1 rings (SSSR count). The number of hydrogen-bond acceptors (Lipinski definition) is 1. The van der Waals surface area contributed by atoms with Gasteiger partial charge in [-0.2, -0.15) is 0 Å². The first kappa shape index (κ1) is 9.50. The van der Waals surface area contributed by atoms with Crippen molar-refractivity contribution in [3.05, 3.63) is 12.2 Å². The van der Waals surface area contributed by atoms with Gasteiger partial charge in [0.1, 0.15) is 5.78 Å². The van der Waals surface area contributed by atoms with Gasteiger partial charge < -0.3 is 4.79 Å². The summed E-state index contributed by atoms with van der Waals surface area (Å²) < 4.78 is 0. The van der Waals surface area contributed by atoms with Crippen LogP contribution in [0.4, 0.5) is 0 Å². The number of Topliss-reactive ketones (excluding diaryl/α,β-unsaturated/α-hetero) is 1. The van der Waals surface area contributed by atoms with E-state index < -0.39 is 0 Å². The van der Waals surface area contributed by atoms with E-state index >= 15 is 0 Å². The molecule has 0 aliphatic heterocycles. The Balaban J connectivity index is 2.38. The van der Waals surface area contributed by atoms with Crippen molar-refractivity contribution in [1.29, 1.82) is 0 Å². The highest BCUT2D eigenvalue weighted by Crippen LogP contribution is 2.19. The van der Waals surface area contributed by atoms with Gasteiger partial charge in [0, 0.05) is 6.42 Å². The van der Waals surface area contributed by atoms with E-state index in [4.69, 9.17) is 0 Å². The Morgan fingerprint density at radius 1 is 1.42 bits per heavy atom. The SMILES string of the molecule is CC(=O)CC1/C=C\CCCCC1. The minimum atomic E-state index is 0.324. The van der Waals surface area contributed by atoms with Crippen LogP contribution in [0.1, 0.15) is 45.4 Å². The number of carbonyl (C=O) groups excluding carboxylic acids is 1. The van der Waals surface area contributed by atoms with Gasteiger partial charge in [-0.1, -0.05) is 25.0 Å². The molecule has 1 nitrogen and oxygen atoms in total. The highest BCUT2D eigenvalue weighted by Gasteiger charge is 2.08. The van der Waals surface area contributed by atoms with Gasteiger partial charge in [0.05, 0.1) is 0 Å². The number of hydrogen-bond donors (Lipinski definition) is 0. The highest BCUT2D eigenvalue weighted by atomic mass is 16.1. The van der Waals surface area contributed by atoms with E-state index in [0.29, 0.717) is 11.7 Å². The number of allylic oxidation sites excluding steroid dienone is 2. The van der Waals surface area contributed by atoms with Gasteiger partial charge in [-0.05, 0) is 32.1 Å². The second kappa shape index (κ2) is 5.13. The van der Waals surface area contributed by atoms with Crippen LogP contribution >= 0.6 is 0 Å². The molecular formula is C11H18O. The van der Waals surface area contributed by atoms with Crippen LogP contribution in [0.5, 0.6) is 0 Å². The summed E-state index contributed by atoms with van der Waals surface area (Å²) in [4.78, 5) is 10.9. The molecular weight excluding hydrogens is 148 g/mol. The second-order valence-corrected chi connectivity index (χ2v) is 3.73. The van der Waals surface area contributed by atoms with Gasteiger partial charge in [0.15, 0.2) is 0 Å². The maximum Gasteiger partial charge on any atom is 0.130 e. The Labute approximate surface area is 74.9 Å². The summed E-state index contributed by atoms with van der Waals surface area (Å²) in [5.41, 5.74) is 0. The summed E-state index contributed by atoms with van der Waals surface area (Å²) in [6.45, 7) is 1.69. The molecule has 1 aliphatic carbocycles. The van der Waals surface area contributed by atoms with Crippen LogP contribution in [-0.2, 0) is 4.79 Å². The van der Waals surface area contributed by atoms with Crippen LogP contribution in [0.3, 0.4) is 0 Å². The maximum atomic E-state index is 10.9. The molecule has 1 unspecified atom stereocenters. The standard InChI is InChI=1S/C11H18O/c1-10(12)9-11-7-5-3-2-4-6-8-11/h5,7,11H,2-4,6,8-9H2,1H3/b7-5-. The Hall–Kier alpha value is -0.590. The van der Waals surface area contributed by atoms with E-state index in [1.54, 1.807) is 6.92 Å². The van der Waals surface area contributed by atoms with Crippen molar-refractivity contribution in [3.63, 3.8) is 0 Å². The molecule has 68 valence electrons. The summed E-state index contributed by atoms with van der Waals surface area (Å²) in [7, 11) is 0. The first-order valence-electron chi connectivity index (χ1n) is 4.95. The zero-order chi connectivity index (χ0) is 8.81. The minimum absolute atomic E-state index is 0.324. The monoisotopic (exact) mass is 166 g/mol. The van der Waals surface area contributed by atoms with E-state index in [2.05, 4.69) is 12.2 Å². The third kappa shape index (κ3) is 3.70. The lowest BCUT2D eigenvalue weighted by Gasteiger charge is -2.12. The second-order valence-electron chi connectivity index (χ2n) is 3.73. The lowest BCUT2D eigenvalue weighted by atomic mass is 9.93. The average molecular weight is 166 g/mol. The lowest BCUT2D eigenvalue weighted by Crippen LogP contribution is -2.04. The molecule has 0 amide bonds. The van der Waals surface area contributed by atoms with E-state index in [1.165, 1.54) is 32.1 Å². The molecule has 0 spiro atoms. The summed E-state index contributed by atoms with van der Waals surface area (Å²) >= 11 is 0. The van der Waals surface area contributed by atoms with E-state index in [9.17, 15) is 4.79 Å². The number of rotatable bonds is 2. The van der Waals surface area contributed by atoms with Gasteiger partial charge in [-0.25, -0.2) is 0 Å². The molecule has 0 heterocycles. The highest BCUT2D eigenvalue weighted by molar-refractivity contribution is 5.75. The zero-order valence-corrected chi connectivity index (χ0v) is 7.88. The molecule has 0 saturated heterocycles. The molecule has 1 atom stereocenters. The molecule has 0 fully saturated rings. The zero-order valence-electron chi connectivity index (χ0n) is 7.88. The van der Waals surface area contributed by atoms with Gasteiger partial charge in [-0.3, -0.25) is 0 Å². The van der Waals surface area contributed by atoms with Crippen molar-refractivity contribution in [2.45, 2.75) is 45.4 Å². The largest absolute Gasteiger partial charge is 0.300 e. The van der Waals surface area contributed by atoms with Gasteiger partial charge in [0.2, 0.25) is 0 Å². The molecule has 0 aromatic carbocycles. The Morgan fingerprint density at radius 3 is 3.00 bits per heavy atom. The van der Waals surface area contributed by atoms with E-state index in [-0.39, 0.29) is 0 Å². The third-order valence-electron chi connectivity index (χ3n) is 2.40. The summed E-state index contributed by atoms with van der Waals surface area (Å²) in [6.07, 6.45) is 11.6. The van der Waals surface area contributed by atoms with E-state index in [0.717, 1.165) is 6.42 Å². The topological polar surface area (TPSA) is 17.1 Å². The van der Waals surface area contributed by atoms with Gasteiger partial charge in [-0.15, -0.1) is 0 Å². The van der Waals surface area contributed by atoms with Crippen LogP contribution < -0.4 is 0 Å². The fourth-order valence-corrected chi connectivity index (χ4v) is 1.77. The van der Waals surface area contributed by atoms with E-state index in [1.807, 2.05) is 0 Å². The fraction of sp³-hybridized carbons (Fsp3) is 0.727. The predicted octanol–water partition coefficient (Wildman–Crippen LogP) is 3.10. The minimum Gasteiger partial charge on any atom is -0.300 e. The molecule has 0 saturated carbocycles. The van der Waals surface area contributed by atoms with Gasteiger partial charge in [0.25, 0.3) is 0 Å². The average Bonchev–Trinajstić information content (AvgIpc) is 1.93.